The second-order valence-electron chi connectivity index (χ2n) is 2.80. The molecule has 0 spiro atoms. The molecule has 0 amide bonds. The summed E-state index contributed by atoms with van der Waals surface area (Å²) in [6.45, 7) is 2.41. The SMILES string of the molecule is CCCN(CC#N)CCC(F)(F)F. The van der Waals surface area contributed by atoms with Gasteiger partial charge in [-0.25, -0.2) is 0 Å². The number of alkyl halides is 3. The van der Waals surface area contributed by atoms with Gasteiger partial charge in [-0.3, -0.25) is 4.90 Å². The minimum absolute atomic E-state index is 0.0733. The topological polar surface area (TPSA) is 27.0 Å². The van der Waals surface area contributed by atoms with Crippen LogP contribution in [-0.2, 0) is 0 Å². The number of hydrogen-bond donors (Lipinski definition) is 0. The zero-order valence-corrected chi connectivity index (χ0v) is 7.56. The highest BCUT2D eigenvalue weighted by atomic mass is 19.4. The summed E-state index contributed by atoms with van der Waals surface area (Å²) in [4.78, 5) is 1.51. The van der Waals surface area contributed by atoms with Crippen molar-refractivity contribution in [1.82, 2.24) is 4.90 Å². The van der Waals surface area contributed by atoms with Crippen LogP contribution in [0.5, 0.6) is 0 Å². The van der Waals surface area contributed by atoms with Crippen LogP contribution in [0.1, 0.15) is 19.8 Å². The first-order chi connectivity index (χ1) is 5.99. The third kappa shape index (κ3) is 7.60. The van der Waals surface area contributed by atoms with Gasteiger partial charge in [0.05, 0.1) is 19.0 Å². The molecular formula is C8H13F3N2. The molecular weight excluding hydrogens is 181 g/mol. The fraction of sp³-hybridized carbons (Fsp3) is 0.875. The van der Waals surface area contributed by atoms with E-state index in [1.54, 1.807) is 0 Å². The van der Waals surface area contributed by atoms with Gasteiger partial charge in [0.25, 0.3) is 0 Å². The van der Waals surface area contributed by atoms with Crippen molar-refractivity contribution < 1.29 is 13.2 Å². The van der Waals surface area contributed by atoms with Crippen LogP contribution in [0.3, 0.4) is 0 Å². The van der Waals surface area contributed by atoms with Gasteiger partial charge in [0, 0.05) is 6.54 Å². The van der Waals surface area contributed by atoms with E-state index in [-0.39, 0.29) is 13.1 Å². The van der Waals surface area contributed by atoms with Crippen molar-refractivity contribution in [1.29, 1.82) is 5.26 Å². The van der Waals surface area contributed by atoms with Gasteiger partial charge in [-0.15, -0.1) is 0 Å². The van der Waals surface area contributed by atoms with Crippen LogP contribution in [0.4, 0.5) is 13.2 Å². The largest absolute Gasteiger partial charge is 0.390 e. The summed E-state index contributed by atoms with van der Waals surface area (Å²) in [7, 11) is 0. The number of rotatable bonds is 5. The fourth-order valence-electron chi connectivity index (χ4n) is 0.971. The van der Waals surface area contributed by atoms with E-state index in [0.717, 1.165) is 6.42 Å². The molecule has 0 fully saturated rings. The summed E-state index contributed by atoms with van der Waals surface area (Å²) in [6.07, 6.45) is -4.20. The normalized spacial score (nSPS) is 11.7. The number of hydrogen-bond acceptors (Lipinski definition) is 2. The van der Waals surface area contributed by atoms with E-state index in [1.807, 2.05) is 13.0 Å². The third-order valence-corrected chi connectivity index (χ3v) is 1.55. The van der Waals surface area contributed by atoms with E-state index in [9.17, 15) is 13.2 Å². The highest BCUT2D eigenvalue weighted by Crippen LogP contribution is 2.19. The Labute approximate surface area is 75.9 Å². The Balaban J connectivity index is 3.76. The molecule has 0 aromatic rings. The molecule has 0 atom stereocenters. The Bertz CT molecular complexity index is 171. The van der Waals surface area contributed by atoms with Gasteiger partial charge in [0.1, 0.15) is 0 Å². The first-order valence-corrected chi connectivity index (χ1v) is 4.15. The Hall–Kier alpha value is -0.760. The van der Waals surface area contributed by atoms with Crippen LogP contribution >= 0.6 is 0 Å². The minimum atomic E-state index is -4.12. The summed E-state index contributed by atoms with van der Waals surface area (Å²) in [5.74, 6) is 0. The molecule has 0 aliphatic rings. The molecule has 0 unspecified atom stereocenters. The van der Waals surface area contributed by atoms with E-state index in [2.05, 4.69) is 0 Å². The summed E-state index contributed by atoms with van der Waals surface area (Å²) in [5.41, 5.74) is 0. The monoisotopic (exact) mass is 194 g/mol. The van der Waals surface area contributed by atoms with Crippen molar-refractivity contribution in [3.05, 3.63) is 0 Å². The Morgan fingerprint density at radius 3 is 2.31 bits per heavy atom. The maximum Gasteiger partial charge on any atom is 0.390 e. The van der Waals surface area contributed by atoms with Gasteiger partial charge >= 0.3 is 6.18 Å². The van der Waals surface area contributed by atoms with Crippen molar-refractivity contribution in [2.24, 2.45) is 0 Å². The molecule has 0 aliphatic carbocycles. The van der Waals surface area contributed by atoms with Crippen LogP contribution in [-0.4, -0.2) is 30.7 Å². The van der Waals surface area contributed by atoms with Crippen molar-refractivity contribution in [3.8, 4) is 6.07 Å². The van der Waals surface area contributed by atoms with E-state index in [1.165, 1.54) is 4.90 Å². The summed E-state index contributed by atoms with van der Waals surface area (Å²) < 4.78 is 35.4. The molecule has 13 heavy (non-hydrogen) atoms. The van der Waals surface area contributed by atoms with Crippen LogP contribution in [0.2, 0.25) is 0 Å². The Kier molecular flexibility index (Phi) is 5.47. The zero-order chi connectivity index (χ0) is 10.3. The Morgan fingerprint density at radius 2 is 1.92 bits per heavy atom. The molecule has 0 saturated heterocycles. The molecule has 0 radical (unpaired) electrons. The lowest BCUT2D eigenvalue weighted by Gasteiger charge is -2.18. The molecule has 0 N–H and O–H groups in total. The lowest BCUT2D eigenvalue weighted by atomic mass is 10.3. The van der Waals surface area contributed by atoms with Gasteiger partial charge in [0.15, 0.2) is 0 Å². The number of halogens is 3. The molecule has 0 aromatic carbocycles. The molecule has 0 bridgehead atoms. The molecule has 0 aliphatic heterocycles. The van der Waals surface area contributed by atoms with Crippen LogP contribution in [0, 0.1) is 11.3 Å². The van der Waals surface area contributed by atoms with Gasteiger partial charge < -0.3 is 0 Å². The molecule has 0 heterocycles. The number of nitrogens with zero attached hydrogens (tertiary/aromatic N) is 2. The van der Waals surface area contributed by atoms with Crippen molar-refractivity contribution >= 4 is 0 Å². The summed E-state index contributed by atoms with van der Waals surface area (Å²) in [6, 6.07) is 1.85. The molecule has 0 rings (SSSR count). The third-order valence-electron chi connectivity index (χ3n) is 1.55. The van der Waals surface area contributed by atoms with Crippen LogP contribution in [0.25, 0.3) is 0 Å². The lowest BCUT2D eigenvalue weighted by molar-refractivity contribution is -0.137. The second-order valence-corrected chi connectivity index (χ2v) is 2.80. The molecule has 0 aromatic heterocycles. The van der Waals surface area contributed by atoms with E-state index in [0.29, 0.717) is 6.54 Å². The van der Waals surface area contributed by atoms with Crippen LogP contribution in [0.15, 0.2) is 0 Å². The fourth-order valence-corrected chi connectivity index (χ4v) is 0.971. The standard InChI is InChI=1S/C8H13F3N2/c1-2-5-13(7-4-12)6-3-8(9,10)11/h2-3,5-7H2,1H3. The quantitative estimate of drug-likeness (QED) is 0.627. The molecule has 2 nitrogen and oxygen atoms in total. The smallest absolute Gasteiger partial charge is 0.290 e. The van der Waals surface area contributed by atoms with Crippen molar-refractivity contribution in [3.63, 3.8) is 0 Å². The van der Waals surface area contributed by atoms with Gasteiger partial charge in [-0.05, 0) is 13.0 Å². The highest BCUT2D eigenvalue weighted by Gasteiger charge is 2.27. The first-order valence-electron chi connectivity index (χ1n) is 4.15. The Morgan fingerprint density at radius 1 is 1.31 bits per heavy atom. The maximum absolute atomic E-state index is 11.8. The average molecular weight is 194 g/mol. The lowest BCUT2D eigenvalue weighted by Crippen LogP contribution is -2.29. The predicted molar refractivity (Wildman–Crippen MR) is 43.0 cm³/mol. The maximum atomic E-state index is 11.8. The number of nitriles is 1. The van der Waals surface area contributed by atoms with Crippen molar-refractivity contribution in [2.75, 3.05) is 19.6 Å². The van der Waals surface area contributed by atoms with Gasteiger partial charge in [-0.1, -0.05) is 6.92 Å². The summed E-state index contributed by atoms with van der Waals surface area (Å²) in [5, 5.41) is 8.32. The first kappa shape index (κ1) is 12.2. The molecule has 0 saturated carbocycles. The second kappa shape index (κ2) is 5.81. The van der Waals surface area contributed by atoms with E-state index < -0.39 is 12.6 Å². The minimum Gasteiger partial charge on any atom is -0.290 e. The van der Waals surface area contributed by atoms with Gasteiger partial charge in [0.2, 0.25) is 0 Å². The van der Waals surface area contributed by atoms with Crippen molar-refractivity contribution in [2.45, 2.75) is 25.9 Å². The zero-order valence-electron chi connectivity index (χ0n) is 7.56. The predicted octanol–water partition coefficient (Wildman–Crippen LogP) is 2.17. The molecule has 76 valence electrons. The van der Waals surface area contributed by atoms with E-state index in [4.69, 9.17) is 5.26 Å². The average Bonchev–Trinajstić information content (AvgIpc) is 2.00. The summed E-state index contributed by atoms with van der Waals surface area (Å²) >= 11 is 0. The van der Waals surface area contributed by atoms with Crippen LogP contribution < -0.4 is 0 Å². The van der Waals surface area contributed by atoms with E-state index >= 15 is 0 Å². The van der Waals surface area contributed by atoms with Gasteiger partial charge in [-0.2, -0.15) is 18.4 Å². The molecule has 5 heteroatoms. The highest BCUT2D eigenvalue weighted by molar-refractivity contribution is 4.76.